The highest BCUT2D eigenvalue weighted by Gasteiger charge is 2.31. The van der Waals surface area contributed by atoms with Crippen molar-refractivity contribution in [2.45, 2.75) is 38.8 Å². The maximum absolute atomic E-state index is 14.1. The Morgan fingerprint density at radius 3 is 2.97 bits per heavy atom. The highest BCUT2D eigenvalue weighted by molar-refractivity contribution is 6.31. The van der Waals surface area contributed by atoms with E-state index in [1.807, 2.05) is 0 Å². The summed E-state index contributed by atoms with van der Waals surface area (Å²) in [6.07, 6.45) is 1.88. The number of halogens is 2. The lowest BCUT2D eigenvalue weighted by Crippen LogP contribution is -2.51. The molecule has 1 aromatic carbocycles. The van der Waals surface area contributed by atoms with Gasteiger partial charge >= 0.3 is 0 Å². The fourth-order valence-corrected chi connectivity index (χ4v) is 3.79. The third-order valence-electron chi connectivity index (χ3n) is 5.04. The van der Waals surface area contributed by atoms with Crippen molar-refractivity contribution in [3.63, 3.8) is 0 Å². The molecule has 1 aromatic heterocycles. The average Bonchev–Trinajstić information content (AvgIpc) is 3.17. The van der Waals surface area contributed by atoms with Gasteiger partial charge in [-0.05, 0) is 31.0 Å². The van der Waals surface area contributed by atoms with Crippen molar-refractivity contribution >= 4 is 23.4 Å². The molecule has 162 valence electrons. The summed E-state index contributed by atoms with van der Waals surface area (Å²) in [6.45, 7) is 2.93. The van der Waals surface area contributed by atoms with Crippen LogP contribution >= 0.6 is 11.6 Å². The van der Waals surface area contributed by atoms with E-state index in [1.165, 1.54) is 32.2 Å². The van der Waals surface area contributed by atoms with Gasteiger partial charge in [0.15, 0.2) is 5.82 Å². The molecule has 0 saturated carbocycles. The second-order valence-electron chi connectivity index (χ2n) is 7.17. The molecular weight excluding hydrogens is 415 g/mol. The maximum Gasteiger partial charge on any atom is 0.256 e. The molecule has 1 fully saturated rings. The molecule has 0 spiro atoms. The molecule has 1 saturated heterocycles. The first-order chi connectivity index (χ1) is 14.4. The number of hydrogen-bond acceptors (Lipinski definition) is 6. The quantitative estimate of drug-likeness (QED) is 0.660. The van der Waals surface area contributed by atoms with E-state index in [0.29, 0.717) is 49.2 Å². The summed E-state index contributed by atoms with van der Waals surface area (Å²) in [6, 6.07) is 3.74. The van der Waals surface area contributed by atoms with Gasteiger partial charge in [0.25, 0.3) is 11.8 Å². The van der Waals surface area contributed by atoms with E-state index < -0.39 is 11.7 Å². The maximum atomic E-state index is 14.1. The van der Waals surface area contributed by atoms with Crippen LogP contribution in [0.4, 0.5) is 4.39 Å². The highest BCUT2D eigenvalue weighted by Crippen LogP contribution is 2.22. The molecular formula is C20H24ClFN4O4. The van der Waals surface area contributed by atoms with Gasteiger partial charge in [-0.2, -0.15) is 4.98 Å². The molecule has 3 rings (SSSR count). The summed E-state index contributed by atoms with van der Waals surface area (Å²) in [5.74, 6) is -0.286. The van der Waals surface area contributed by atoms with Gasteiger partial charge in [0.2, 0.25) is 5.91 Å². The number of aromatic nitrogens is 2. The average molecular weight is 439 g/mol. The molecule has 1 aliphatic heterocycles. The van der Waals surface area contributed by atoms with Crippen LogP contribution < -0.4 is 0 Å². The van der Waals surface area contributed by atoms with Gasteiger partial charge < -0.3 is 19.1 Å². The van der Waals surface area contributed by atoms with Crippen LogP contribution in [0.1, 0.15) is 41.8 Å². The van der Waals surface area contributed by atoms with Crippen LogP contribution in [0, 0.1) is 5.82 Å². The number of ether oxygens (including phenoxy) is 1. The Kier molecular flexibility index (Phi) is 7.38. The number of rotatable bonds is 7. The Labute approximate surface area is 178 Å². The van der Waals surface area contributed by atoms with Crippen molar-refractivity contribution in [1.29, 1.82) is 0 Å². The van der Waals surface area contributed by atoms with Crippen molar-refractivity contribution in [3.05, 3.63) is 46.3 Å². The van der Waals surface area contributed by atoms with Gasteiger partial charge in [-0.1, -0.05) is 16.8 Å². The van der Waals surface area contributed by atoms with Crippen LogP contribution in [-0.2, 0) is 22.6 Å². The van der Waals surface area contributed by atoms with Crippen molar-refractivity contribution in [2.24, 2.45) is 0 Å². The zero-order valence-electron chi connectivity index (χ0n) is 16.9. The van der Waals surface area contributed by atoms with Gasteiger partial charge in [0.05, 0.1) is 5.56 Å². The van der Waals surface area contributed by atoms with Crippen LogP contribution in [0.3, 0.4) is 0 Å². The summed E-state index contributed by atoms with van der Waals surface area (Å²) in [5.41, 5.74) is -0.0602. The third kappa shape index (κ3) is 5.34. The van der Waals surface area contributed by atoms with Crippen LogP contribution in [0.2, 0.25) is 5.02 Å². The van der Waals surface area contributed by atoms with Crippen molar-refractivity contribution in [2.75, 3.05) is 26.7 Å². The van der Waals surface area contributed by atoms with Crippen molar-refractivity contribution < 1.29 is 23.2 Å². The zero-order valence-corrected chi connectivity index (χ0v) is 17.7. The fraction of sp³-hybridized carbons (Fsp3) is 0.500. The molecule has 0 N–H and O–H groups in total. The van der Waals surface area contributed by atoms with Crippen LogP contribution in [0.15, 0.2) is 22.7 Å². The molecule has 0 bridgehead atoms. The molecule has 0 aliphatic carbocycles. The molecule has 2 amide bonds. The topological polar surface area (TPSA) is 88.8 Å². The van der Waals surface area contributed by atoms with E-state index in [1.54, 1.807) is 9.80 Å². The van der Waals surface area contributed by atoms with E-state index >= 15 is 0 Å². The van der Waals surface area contributed by atoms with Crippen molar-refractivity contribution in [1.82, 2.24) is 19.9 Å². The summed E-state index contributed by atoms with van der Waals surface area (Å²) in [7, 11) is 1.53. The zero-order chi connectivity index (χ0) is 21.7. The number of hydrogen-bond donors (Lipinski definition) is 0. The summed E-state index contributed by atoms with van der Waals surface area (Å²) >= 11 is 5.92. The molecule has 1 atom stereocenters. The van der Waals surface area contributed by atoms with Gasteiger partial charge in [-0.15, -0.1) is 0 Å². The second-order valence-corrected chi connectivity index (χ2v) is 7.61. The Morgan fingerprint density at radius 2 is 2.23 bits per heavy atom. The Hall–Kier alpha value is -2.52. The molecule has 1 unspecified atom stereocenters. The SMILES string of the molecule is COCc1nc(CCN(C(C)=O)C2CCCN(C(=O)c3cc(Cl)ccc3F)C2)no1. The Bertz CT molecular complexity index is 907. The molecule has 2 heterocycles. The monoisotopic (exact) mass is 438 g/mol. The first-order valence-corrected chi connectivity index (χ1v) is 10.1. The number of methoxy groups -OCH3 is 1. The molecule has 10 heteroatoms. The minimum absolute atomic E-state index is 0.0602. The first kappa shape index (κ1) is 22.2. The minimum atomic E-state index is -0.612. The molecule has 0 radical (unpaired) electrons. The van der Waals surface area contributed by atoms with Gasteiger partial charge in [-0.25, -0.2) is 4.39 Å². The number of benzene rings is 1. The number of amides is 2. The van der Waals surface area contributed by atoms with E-state index in [2.05, 4.69) is 10.1 Å². The standard InChI is InChI=1S/C20H24ClFN4O4/c1-13(27)26(9-7-18-23-19(12-29-2)30-24-18)15-4-3-8-25(11-15)20(28)16-10-14(21)5-6-17(16)22/h5-6,10,15H,3-4,7-9,11-12H2,1-2H3. The minimum Gasteiger partial charge on any atom is -0.375 e. The van der Waals surface area contributed by atoms with E-state index in [9.17, 15) is 14.0 Å². The molecule has 30 heavy (non-hydrogen) atoms. The lowest BCUT2D eigenvalue weighted by Gasteiger charge is -2.39. The second kappa shape index (κ2) is 9.99. The number of nitrogens with zero attached hydrogens (tertiary/aromatic N) is 4. The van der Waals surface area contributed by atoms with Gasteiger partial charge in [-0.3, -0.25) is 9.59 Å². The van der Waals surface area contributed by atoms with Gasteiger partial charge in [0, 0.05) is 51.2 Å². The highest BCUT2D eigenvalue weighted by atomic mass is 35.5. The molecule has 1 aliphatic rings. The van der Waals surface area contributed by atoms with E-state index in [4.69, 9.17) is 20.9 Å². The fourth-order valence-electron chi connectivity index (χ4n) is 3.62. The largest absolute Gasteiger partial charge is 0.375 e. The summed E-state index contributed by atoms with van der Waals surface area (Å²) in [5, 5.41) is 4.19. The normalized spacial score (nSPS) is 16.5. The lowest BCUT2D eigenvalue weighted by atomic mass is 10.0. The Morgan fingerprint density at radius 1 is 1.43 bits per heavy atom. The lowest BCUT2D eigenvalue weighted by molar-refractivity contribution is -0.132. The summed E-state index contributed by atoms with van der Waals surface area (Å²) < 4.78 is 24.1. The van der Waals surface area contributed by atoms with E-state index in [0.717, 1.165) is 6.42 Å². The van der Waals surface area contributed by atoms with Crippen LogP contribution in [0.25, 0.3) is 0 Å². The first-order valence-electron chi connectivity index (χ1n) is 9.71. The smallest absolute Gasteiger partial charge is 0.256 e. The number of piperidine rings is 1. The number of carbonyl (C=O) groups is 2. The third-order valence-corrected chi connectivity index (χ3v) is 5.28. The van der Waals surface area contributed by atoms with E-state index in [-0.39, 0.29) is 24.1 Å². The van der Waals surface area contributed by atoms with Crippen LogP contribution in [0.5, 0.6) is 0 Å². The summed E-state index contributed by atoms with van der Waals surface area (Å²) in [4.78, 5) is 32.6. The number of likely N-dealkylation sites (tertiary alicyclic amines) is 1. The molecule has 2 aromatic rings. The Balaban J connectivity index is 1.66. The van der Waals surface area contributed by atoms with Crippen LogP contribution in [-0.4, -0.2) is 64.5 Å². The van der Waals surface area contributed by atoms with Crippen molar-refractivity contribution in [3.8, 4) is 0 Å². The predicted molar refractivity (Wildman–Crippen MR) is 106 cm³/mol. The van der Waals surface area contributed by atoms with Gasteiger partial charge in [0.1, 0.15) is 12.4 Å². The predicted octanol–water partition coefficient (Wildman–Crippen LogP) is 2.70. The number of carbonyl (C=O) groups excluding carboxylic acids is 2. The molecule has 8 nitrogen and oxygen atoms in total.